The van der Waals surface area contributed by atoms with Crippen molar-refractivity contribution >= 4 is 13.8 Å². The number of aliphatic hydroxyl groups excluding tert-OH is 1. The normalized spacial score (nSPS) is 15.0. The zero-order chi connectivity index (χ0) is 41.4. The molecule has 0 aromatic heterocycles. The molecular formula is C46H83NO8P+. The molecule has 2 N–H and O–H groups in total. The van der Waals surface area contributed by atoms with Crippen LogP contribution in [0.3, 0.4) is 0 Å². The maximum Gasteiger partial charge on any atom is 0.472 e. The first-order valence-electron chi connectivity index (χ1n) is 21.8. The molecule has 9 nitrogen and oxygen atoms in total. The van der Waals surface area contributed by atoms with Crippen LogP contribution >= 0.6 is 7.82 Å². The number of hydrogen-bond acceptors (Lipinski definition) is 7. The average molecular weight is 809 g/mol. The summed E-state index contributed by atoms with van der Waals surface area (Å²) < 4.78 is 34.6. The van der Waals surface area contributed by atoms with Crippen LogP contribution in [-0.2, 0) is 27.9 Å². The molecule has 10 heteroatoms. The number of hydrogen-bond donors (Lipinski definition) is 2. The monoisotopic (exact) mass is 809 g/mol. The summed E-state index contributed by atoms with van der Waals surface area (Å²) in [7, 11) is 1.59. The molecule has 56 heavy (non-hydrogen) atoms. The number of quaternary nitrogens is 1. The number of ether oxygens (including phenoxy) is 2. The van der Waals surface area contributed by atoms with Gasteiger partial charge in [-0.1, -0.05) is 132 Å². The molecule has 0 fully saturated rings. The predicted octanol–water partition coefficient (Wildman–Crippen LogP) is 12.0. The highest BCUT2D eigenvalue weighted by Gasteiger charge is 2.25. The van der Waals surface area contributed by atoms with Crippen LogP contribution in [0.25, 0.3) is 0 Å². The Bertz CT molecular complexity index is 1140. The number of aliphatic hydroxyl groups is 1. The van der Waals surface area contributed by atoms with Gasteiger partial charge >= 0.3 is 13.8 Å². The van der Waals surface area contributed by atoms with E-state index in [9.17, 15) is 19.4 Å². The van der Waals surface area contributed by atoms with E-state index in [4.69, 9.17) is 18.5 Å². The molecule has 0 aliphatic rings. The van der Waals surface area contributed by atoms with Crippen molar-refractivity contribution in [1.29, 1.82) is 0 Å². The first-order chi connectivity index (χ1) is 27.0. The maximum absolute atomic E-state index is 12.5. The summed E-state index contributed by atoms with van der Waals surface area (Å²) in [6, 6.07) is 0. The zero-order valence-electron chi connectivity index (χ0n) is 36.2. The molecule has 324 valence electrons. The van der Waals surface area contributed by atoms with Crippen LogP contribution < -0.4 is 0 Å². The summed E-state index contributed by atoms with van der Waals surface area (Å²) >= 11 is 0. The third-order valence-corrected chi connectivity index (χ3v) is 9.89. The number of rotatable bonds is 39. The van der Waals surface area contributed by atoms with Gasteiger partial charge in [-0.3, -0.25) is 13.8 Å². The first-order valence-corrected chi connectivity index (χ1v) is 23.3. The highest BCUT2D eigenvalue weighted by atomic mass is 31.2. The average Bonchev–Trinajstić information content (AvgIpc) is 3.15. The van der Waals surface area contributed by atoms with Crippen molar-refractivity contribution in [2.45, 2.75) is 167 Å². The number of allylic oxidation sites excluding steroid dienone is 9. The van der Waals surface area contributed by atoms with Gasteiger partial charge in [0, 0.05) is 6.42 Å². The molecule has 0 spiro atoms. The first kappa shape index (κ1) is 53.7. The minimum Gasteiger partial charge on any atom is -0.492 e. The number of esters is 1. The molecule has 0 heterocycles. The fourth-order valence-corrected chi connectivity index (χ4v) is 6.11. The molecule has 0 saturated carbocycles. The fourth-order valence-electron chi connectivity index (χ4n) is 5.37. The number of nitrogens with zero attached hydrogens (tertiary/aromatic N) is 1. The van der Waals surface area contributed by atoms with Gasteiger partial charge in [-0.2, -0.15) is 0 Å². The molecule has 0 bridgehead atoms. The van der Waals surface area contributed by atoms with Crippen LogP contribution in [0.1, 0.15) is 155 Å². The van der Waals surface area contributed by atoms with E-state index in [1.165, 1.54) is 77.0 Å². The summed E-state index contributed by atoms with van der Waals surface area (Å²) in [6.45, 7) is 4.69. The van der Waals surface area contributed by atoms with E-state index in [2.05, 4.69) is 32.1 Å². The molecule has 0 aromatic rings. The van der Waals surface area contributed by atoms with Gasteiger partial charge in [-0.25, -0.2) is 4.57 Å². The highest BCUT2D eigenvalue weighted by molar-refractivity contribution is 7.47. The lowest BCUT2D eigenvalue weighted by atomic mass is 10.1. The molecule has 0 aliphatic heterocycles. The number of unbranched alkanes of at least 4 members (excludes halogenated alkanes) is 15. The lowest BCUT2D eigenvalue weighted by Gasteiger charge is -2.24. The van der Waals surface area contributed by atoms with Gasteiger partial charge in [0.25, 0.3) is 0 Å². The standard InChI is InChI=1S/C46H82NO8P/c1-6-8-10-12-14-15-16-17-18-19-20-21-24-27-31-35-40-52-45(43-55-56(50,51)54-41-39-47(3,4)5)42-53-46(49)38-34-30-26-23-22-25-29-33-37-44(48)36-32-28-13-11-9-7-2/h17-18,23,25-26,28-29,32-33,35,37,40,44-45,48H,6-16,19-22,24,27,30-31,34,36,38-39,41-43H2,1-5H3/p+1/b18-17-,26-23-,29-25-,32-28-,37-33+,40-35+/t44-,45-/m1/s1. The van der Waals surface area contributed by atoms with Crippen LogP contribution in [0, 0.1) is 0 Å². The van der Waals surface area contributed by atoms with Crippen LogP contribution in [0.15, 0.2) is 73.1 Å². The Kier molecular flexibility index (Phi) is 36.7. The van der Waals surface area contributed by atoms with Gasteiger partial charge in [0.2, 0.25) is 0 Å². The Balaban J connectivity index is 4.48. The van der Waals surface area contributed by atoms with Crippen molar-refractivity contribution in [3.63, 3.8) is 0 Å². The van der Waals surface area contributed by atoms with Gasteiger partial charge in [0.1, 0.15) is 19.8 Å². The lowest BCUT2D eigenvalue weighted by Crippen LogP contribution is -2.37. The van der Waals surface area contributed by atoms with Crippen LogP contribution in [-0.4, -0.2) is 80.2 Å². The van der Waals surface area contributed by atoms with Crippen LogP contribution in [0.4, 0.5) is 0 Å². The Morgan fingerprint density at radius 1 is 0.661 bits per heavy atom. The summed E-state index contributed by atoms with van der Waals surface area (Å²) in [6.07, 6.45) is 46.4. The second-order valence-corrected chi connectivity index (χ2v) is 17.1. The molecule has 0 saturated heterocycles. The molecule has 0 rings (SSSR count). The number of phosphoric ester groups is 1. The second-order valence-electron chi connectivity index (χ2n) is 15.6. The number of carbonyl (C=O) groups excluding carboxylic acids is 1. The molecular weight excluding hydrogens is 725 g/mol. The van der Waals surface area contributed by atoms with Gasteiger partial charge < -0.3 is 24.0 Å². The summed E-state index contributed by atoms with van der Waals surface area (Å²) in [5.74, 6) is -0.362. The quantitative estimate of drug-likeness (QED) is 0.0120. The molecule has 0 aromatic carbocycles. The second kappa shape index (κ2) is 38.3. The Morgan fingerprint density at radius 3 is 1.88 bits per heavy atom. The summed E-state index contributed by atoms with van der Waals surface area (Å²) in [5.41, 5.74) is 0. The zero-order valence-corrected chi connectivity index (χ0v) is 37.1. The van der Waals surface area contributed by atoms with Crippen LogP contribution in [0.5, 0.6) is 0 Å². The van der Waals surface area contributed by atoms with E-state index in [1.807, 2.05) is 63.7 Å². The fraction of sp³-hybridized carbons (Fsp3) is 0.717. The van der Waals surface area contributed by atoms with Crippen molar-refractivity contribution in [3.05, 3.63) is 73.1 Å². The molecule has 0 radical (unpaired) electrons. The van der Waals surface area contributed by atoms with E-state index >= 15 is 0 Å². The molecule has 1 unspecified atom stereocenters. The largest absolute Gasteiger partial charge is 0.492 e. The molecule has 3 atom stereocenters. The van der Waals surface area contributed by atoms with E-state index < -0.39 is 20.0 Å². The minimum atomic E-state index is -4.30. The minimum absolute atomic E-state index is 0.0659. The maximum atomic E-state index is 12.5. The van der Waals surface area contributed by atoms with Crippen molar-refractivity contribution < 1.29 is 42.4 Å². The van der Waals surface area contributed by atoms with Crippen molar-refractivity contribution in [3.8, 4) is 0 Å². The van der Waals surface area contributed by atoms with E-state index in [-0.39, 0.29) is 32.2 Å². The highest BCUT2D eigenvalue weighted by Crippen LogP contribution is 2.43. The van der Waals surface area contributed by atoms with Gasteiger partial charge in [-0.05, 0) is 83.1 Å². The third kappa shape index (κ3) is 41.4. The number of likely N-dealkylation sites (N-methyl/N-ethyl adjacent to an activating group) is 1. The van der Waals surface area contributed by atoms with E-state index in [1.54, 1.807) is 12.3 Å². The smallest absolute Gasteiger partial charge is 0.472 e. The van der Waals surface area contributed by atoms with E-state index in [0.717, 1.165) is 44.9 Å². The topological polar surface area (TPSA) is 112 Å². The van der Waals surface area contributed by atoms with Gasteiger partial charge in [-0.15, -0.1) is 0 Å². The third-order valence-electron chi connectivity index (χ3n) is 8.91. The van der Waals surface area contributed by atoms with Crippen LogP contribution in [0.2, 0.25) is 0 Å². The number of phosphoric acid groups is 1. The Hall–Kier alpha value is -2.26. The molecule has 0 amide bonds. The van der Waals surface area contributed by atoms with Crippen molar-refractivity contribution in [1.82, 2.24) is 0 Å². The number of carbonyl (C=O) groups is 1. The van der Waals surface area contributed by atoms with Crippen molar-refractivity contribution in [2.75, 3.05) is 47.5 Å². The SMILES string of the molecule is CCCCC/C=C\C[C@@H](O)/C=C/C=C\C/C=C\CCCC(=O)OC[C@H](COP(=O)(O)OCC[N+](C)(C)C)O/C=C/CCCCCC/C=C\CCCCCCCC. The van der Waals surface area contributed by atoms with Gasteiger partial charge in [0.15, 0.2) is 6.10 Å². The Morgan fingerprint density at radius 2 is 1.21 bits per heavy atom. The van der Waals surface area contributed by atoms with E-state index in [0.29, 0.717) is 23.9 Å². The predicted molar refractivity (Wildman–Crippen MR) is 234 cm³/mol. The lowest BCUT2D eigenvalue weighted by molar-refractivity contribution is -0.870. The van der Waals surface area contributed by atoms with Crippen molar-refractivity contribution in [2.24, 2.45) is 0 Å². The summed E-state index contributed by atoms with van der Waals surface area (Å²) in [5, 5.41) is 10.0. The molecule has 0 aliphatic carbocycles. The summed E-state index contributed by atoms with van der Waals surface area (Å²) in [4.78, 5) is 22.6. The van der Waals surface area contributed by atoms with Gasteiger partial charge in [0.05, 0.1) is 40.1 Å². The Labute approximate surface area is 343 Å².